The van der Waals surface area contributed by atoms with Crippen molar-refractivity contribution in [3.63, 3.8) is 0 Å². The Balaban J connectivity index is 1.84. The van der Waals surface area contributed by atoms with Gasteiger partial charge in [0.25, 0.3) is 0 Å². The zero-order chi connectivity index (χ0) is 12.4. The normalized spacial score (nSPS) is 23.2. The van der Waals surface area contributed by atoms with Crippen LogP contribution in [0.4, 0.5) is 0 Å². The van der Waals surface area contributed by atoms with Crippen LogP contribution in [0.5, 0.6) is 6.01 Å². The molecule has 1 heterocycles. The van der Waals surface area contributed by atoms with Crippen LogP contribution in [0, 0.1) is 0 Å². The molecule has 6 heteroatoms. The van der Waals surface area contributed by atoms with Crippen molar-refractivity contribution in [1.82, 2.24) is 20.2 Å². The molecule has 2 aromatic rings. The van der Waals surface area contributed by atoms with E-state index in [1.807, 2.05) is 30.3 Å². The molecule has 6 nitrogen and oxygen atoms in total. The van der Waals surface area contributed by atoms with Crippen molar-refractivity contribution in [1.29, 1.82) is 0 Å². The highest BCUT2D eigenvalue weighted by atomic mass is 16.5. The van der Waals surface area contributed by atoms with Gasteiger partial charge in [-0.15, -0.1) is 0 Å². The highest BCUT2D eigenvalue weighted by Gasteiger charge is 2.27. The molecule has 18 heavy (non-hydrogen) atoms. The van der Waals surface area contributed by atoms with E-state index in [0.29, 0.717) is 6.01 Å². The van der Waals surface area contributed by atoms with Crippen LogP contribution in [-0.4, -0.2) is 32.4 Å². The zero-order valence-electron chi connectivity index (χ0n) is 9.94. The average molecular weight is 245 g/mol. The summed E-state index contributed by atoms with van der Waals surface area (Å²) >= 11 is 0. The maximum absolute atomic E-state index is 5.98. The molecule has 1 aromatic carbocycles. The Kier molecular flexibility index (Phi) is 2.93. The SMILES string of the molecule is NC1CCCC1Oc1nnnn1-c1ccccc1. The molecule has 2 atom stereocenters. The second-order valence-electron chi connectivity index (χ2n) is 4.46. The van der Waals surface area contributed by atoms with Crippen LogP contribution < -0.4 is 10.5 Å². The summed E-state index contributed by atoms with van der Waals surface area (Å²) in [4.78, 5) is 0. The minimum absolute atomic E-state index is 0.0125. The van der Waals surface area contributed by atoms with Crippen molar-refractivity contribution >= 4 is 0 Å². The van der Waals surface area contributed by atoms with E-state index >= 15 is 0 Å². The van der Waals surface area contributed by atoms with E-state index in [0.717, 1.165) is 24.9 Å². The minimum Gasteiger partial charge on any atom is -0.457 e. The fourth-order valence-electron chi connectivity index (χ4n) is 2.22. The van der Waals surface area contributed by atoms with Crippen molar-refractivity contribution in [3.05, 3.63) is 30.3 Å². The lowest BCUT2D eigenvalue weighted by molar-refractivity contribution is 0.171. The highest BCUT2D eigenvalue weighted by Crippen LogP contribution is 2.23. The number of benzene rings is 1. The number of tetrazole rings is 1. The van der Waals surface area contributed by atoms with Gasteiger partial charge >= 0.3 is 6.01 Å². The van der Waals surface area contributed by atoms with E-state index < -0.39 is 0 Å². The van der Waals surface area contributed by atoms with Crippen LogP contribution in [0.15, 0.2) is 30.3 Å². The van der Waals surface area contributed by atoms with E-state index in [9.17, 15) is 0 Å². The predicted octanol–water partition coefficient (Wildman–Crippen LogP) is 0.921. The third-order valence-corrected chi connectivity index (χ3v) is 3.20. The van der Waals surface area contributed by atoms with E-state index in [1.54, 1.807) is 4.68 Å². The second kappa shape index (κ2) is 4.73. The van der Waals surface area contributed by atoms with Crippen LogP contribution in [0.2, 0.25) is 0 Å². The Labute approximate surface area is 105 Å². The van der Waals surface area contributed by atoms with Gasteiger partial charge in [-0.2, -0.15) is 4.68 Å². The molecule has 0 saturated heterocycles. The molecule has 1 aliphatic rings. The summed E-state index contributed by atoms with van der Waals surface area (Å²) in [6, 6.07) is 10.1. The lowest BCUT2D eigenvalue weighted by atomic mass is 10.2. The highest BCUT2D eigenvalue weighted by molar-refractivity contribution is 5.31. The topological polar surface area (TPSA) is 78.8 Å². The number of para-hydroxylation sites is 1. The van der Waals surface area contributed by atoms with Crippen molar-refractivity contribution in [2.75, 3.05) is 0 Å². The number of rotatable bonds is 3. The van der Waals surface area contributed by atoms with Gasteiger partial charge in [-0.3, -0.25) is 0 Å². The van der Waals surface area contributed by atoms with Crippen molar-refractivity contribution in [2.24, 2.45) is 5.73 Å². The Morgan fingerprint density at radius 1 is 1.22 bits per heavy atom. The summed E-state index contributed by atoms with van der Waals surface area (Å²) in [7, 11) is 0. The quantitative estimate of drug-likeness (QED) is 0.870. The number of nitrogens with zero attached hydrogens (tertiary/aromatic N) is 4. The molecule has 1 aliphatic carbocycles. The minimum atomic E-state index is 0.0125. The molecule has 0 amide bonds. The first kappa shape index (κ1) is 11.2. The van der Waals surface area contributed by atoms with Gasteiger partial charge < -0.3 is 10.5 Å². The number of aromatic nitrogens is 4. The van der Waals surface area contributed by atoms with E-state index in [2.05, 4.69) is 15.5 Å². The Bertz CT molecular complexity index is 512. The fourth-order valence-corrected chi connectivity index (χ4v) is 2.22. The Morgan fingerprint density at radius 3 is 2.78 bits per heavy atom. The van der Waals surface area contributed by atoms with Crippen LogP contribution in [-0.2, 0) is 0 Å². The second-order valence-corrected chi connectivity index (χ2v) is 4.46. The molecule has 1 saturated carbocycles. The van der Waals surface area contributed by atoms with Crippen LogP contribution >= 0.6 is 0 Å². The molecule has 1 aromatic heterocycles. The lowest BCUT2D eigenvalue weighted by Gasteiger charge is -2.16. The number of nitrogens with two attached hydrogens (primary N) is 1. The van der Waals surface area contributed by atoms with E-state index in [-0.39, 0.29) is 12.1 Å². The smallest absolute Gasteiger partial charge is 0.340 e. The largest absolute Gasteiger partial charge is 0.457 e. The molecule has 3 rings (SSSR count). The first-order chi connectivity index (χ1) is 8.84. The van der Waals surface area contributed by atoms with Gasteiger partial charge in [0.05, 0.1) is 5.69 Å². The third-order valence-electron chi connectivity index (χ3n) is 3.20. The first-order valence-electron chi connectivity index (χ1n) is 6.10. The molecule has 2 N–H and O–H groups in total. The number of hydrogen-bond donors (Lipinski definition) is 1. The molecule has 2 unspecified atom stereocenters. The number of ether oxygens (including phenoxy) is 1. The van der Waals surface area contributed by atoms with Crippen LogP contribution in [0.3, 0.4) is 0 Å². The zero-order valence-corrected chi connectivity index (χ0v) is 9.94. The Morgan fingerprint density at radius 2 is 2.06 bits per heavy atom. The van der Waals surface area contributed by atoms with Gasteiger partial charge in [-0.05, 0) is 41.8 Å². The summed E-state index contributed by atoms with van der Waals surface area (Å²) in [5.41, 5.74) is 6.86. The van der Waals surface area contributed by atoms with Gasteiger partial charge in [0, 0.05) is 6.04 Å². The summed E-state index contributed by atoms with van der Waals surface area (Å²) in [6.45, 7) is 0. The summed E-state index contributed by atoms with van der Waals surface area (Å²) in [6.07, 6.45) is 3.07. The fraction of sp³-hybridized carbons (Fsp3) is 0.417. The standard InChI is InChI=1S/C12H15N5O/c13-10-7-4-8-11(10)18-12-14-15-16-17(12)9-5-2-1-3-6-9/h1-3,5-6,10-11H,4,7-8,13H2. The molecule has 0 aliphatic heterocycles. The molecule has 0 radical (unpaired) electrons. The van der Waals surface area contributed by atoms with Gasteiger partial charge in [0.1, 0.15) is 6.10 Å². The monoisotopic (exact) mass is 245 g/mol. The van der Waals surface area contributed by atoms with Gasteiger partial charge in [-0.1, -0.05) is 23.3 Å². The summed E-state index contributed by atoms with van der Waals surface area (Å²) in [5, 5.41) is 11.5. The Hall–Kier alpha value is -1.95. The molecule has 94 valence electrons. The molecular formula is C12H15N5O. The first-order valence-corrected chi connectivity index (χ1v) is 6.10. The predicted molar refractivity (Wildman–Crippen MR) is 65.4 cm³/mol. The van der Waals surface area contributed by atoms with Crippen LogP contribution in [0.25, 0.3) is 5.69 Å². The lowest BCUT2D eigenvalue weighted by Crippen LogP contribution is -2.34. The maximum Gasteiger partial charge on any atom is 0.340 e. The van der Waals surface area contributed by atoms with Crippen LogP contribution in [0.1, 0.15) is 19.3 Å². The third kappa shape index (κ3) is 2.06. The van der Waals surface area contributed by atoms with Gasteiger partial charge in [-0.25, -0.2) is 0 Å². The molecular weight excluding hydrogens is 230 g/mol. The molecule has 0 spiro atoms. The van der Waals surface area contributed by atoms with Crippen molar-refractivity contribution < 1.29 is 4.74 Å². The van der Waals surface area contributed by atoms with E-state index in [4.69, 9.17) is 10.5 Å². The van der Waals surface area contributed by atoms with Gasteiger partial charge in [0.2, 0.25) is 0 Å². The van der Waals surface area contributed by atoms with Gasteiger partial charge in [0.15, 0.2) is 0 Å². The number of hydrogen-bond acceptors (Lipinski definition) is 5. The summed E-state index contributed by atoms with van der Waals surface area (Å²) < 4.78 is 7.40. The van der Waals surface area contributed by atoms with Crippen molar-refractivity contribution in [3.8, 4) is 11.7 Å². The average Bonchev–Trinajstić information content (AvgIpc) is 3.01. The molecule has 1 fully saturated rings. The molecule has 0 bridgehead atoms. The van der Waals surface area contributed by atoms with Crippen molar-refractivity contribution in [2.45, 2.75) is 31.4 Å². The van der Waals surface area contributed by atoms with E-state index in [1.165, 1.54) is 0 Å². The maximum atomic E-state index is 5.98. The summed E-state index contributed by atoms with van der Waals surface area (Å²) in [5.74, 6) is 0.